The van der Waals surface area contributed by atoms with Gasteiger partial charge in [0, 0.05) is 12.6 Å². The summed E-state index contributed by atoms with van der Waals surface area (Å²) in [5.74, 6) is -0.501. The molecule has 1 fully saturated rings. The Morgan fingerprint density at radius 2 is 2.00 bits per heavy atom. The first-order valence-electron chi connectivity index (χ1n) is 5.72. The van der Waals surface area contributed by atoms with E-state index in [1.807, 2.05) is 0 Å². The first-order valence-corrected chi connectivity index (χ1v) is 7.54. The van der Waals surface area contributed by atoms with Crippen LogP contribution in [0.4, 0.5) is 0 Å². The molecule has 0 aliphatic carbocycles. The predicted octanol–water partition coefficient (Wildman–Crippen LogP) is 0.661. The lowest BCUT2D eigenvalue weighted by atomic mass is 10.1. The van der Waals surface area contributed by atoms with Crippen molar-refractivity contribution in [2.45, 2.75) is 19.0 Å². The van der Waals surface area contributed by atoms with Crippen molar-refractivity contribution in [1.82, 2.24) is 5.32 Å². The van der Waals surface area contributed by atoms with Crippen LogP contribution in [0, 0.1) is 0 Å². The normalized spacial score (nSPS) is 21.9. The van der Waals surface area contributed by atoms with Gasteiger partial charge in [0.2, 0.25) is 0 Å². The molecule has 0 radical (unpaired) electrons. The van der Waals surface area contributed by atoms with E-state index in [1.165, 1.54) is 0 Å². The number of carboxylic acids is 1. The smallest absolute Gasteiger partial charge is 0.335 e. The maximum Gasteiger partial charge on any atom is 0.335 e. The molecule has 1 aromatic rings. The zero-order chi connectivity index (χ0) is 13.2. The van der Waals surface area contributed by atoms with Gasteiger partial charge < -0.3 is 10.4 Å². The Balaban J connectivity index is 1.89. The van der Waals surface area contributed by atoms with E-state index in [1.54, 1.807) is 24.3 Å². The van der Waals surface area contributed by atoms with E-state index in [2.05, 4.69) is 5.32 Å². The molecule has 0 spiro atoms. The molecule has 1 unspecified atom stereocenters. The first-order chi connectivity index (χ1) is 8.46. The number of rotatable bonds is 4. The summed E-state index contributed by atoms with van der Waals surface area (Å²) in [7, 11) is -2.86. The highest BCUT2D eigenvalue weighted by molar-refractivity contribution is 7.91. The first kappa shape index (κ1) is 13.0. The van der Waals surface area contributed by atoms with Gasteiger partial charge >= 0.3 is 5.97 Å². The molecule has 98 valence electrons. The van der Waals surface area contributed by atoms with Crippen LogP contribution in [-0.4, -0.2) is 37.0 Å². The van der Waals surface area contributed by atoms with Crippen molar-refractivity contribution in [3.8, 4) is 0 Å². The topological polar surface area (TPSA) is 83.5 Å². The molecule has 0 bridgehead atoms. The van der Waals surface area contributed by atoms with E-state index in [-0.39, 0.29) is 23.1 Å². The molecule has 6 heteroatoms. The fourth-order valence-electron chi connectivity index (χ4n) is 1.98. The van der Waals surface area contributed by atoms with Gasteiger partial charge in [0.25, 0.3) is 0 Å². The number of aromatic carboxylic acids is 1. The summed E-state index contributed by atoms with van der Waals surface area (Å²) >= 11 is 0. The van der Waals surface area contributed by atoms with Crippen molar-refractivity contribution in [1.29, 1.82) is 0 Å². The van der Waals surface area contributed by atoms with Gasteiger partial charge in [0.1, 0.15) is 0 Å². The van der Waals surface area contributed by atoms with Crippen molar-refractivity contribution >= 4 is 15.8 Å². The van der Waals surface area contributed by atoms with Crippen LogP contribution >= 0.6 is 0 Å². The lowest BCUT2D eigenvalue weighted by Gasteiger charge is -2.10. The van der Waals surface area contributed by atoms with Gasteiger partial charge in [-0.1, -0.05) is 12.1 Å². The number of hydrogen-bond donors (Lipinski definition) is 2. The zero-order valence-electron chi connectivity index (χ0n) is 9.80. The SMILES string of the molecule is O=C(O)c1ccc(CNC2CCS(=O)(=O)C2)cc1. The van der Waals surface area contributed by atoms with Crippen molar-refractivity contribution in [3.63, 3.8) is 0 Å². The number of carboxylic acid groups (broad SMARTS) is 1. The molecular formula is C12H15NO4S. The Kier molecular flexibility index (Phi) is 3.68. The summed E-state index contributed by atoms with van der Waals surface area (Å²) in [6.07, 6.45) is 0.648. The second kappa shape index (κ2) is 5.07. The number of nitrogens with one attached hydrogen (secondary N) is 1. The molecule has 0 saturated carbocycles. The second-order valence-corrected chi connectivity index (χ2v) is 6.71. The van der Waals surface area contributed by atoms with Gasteiger partial charge in [0.05, 0.1) is 17.1 Å². The minimum absolute atomic E-state index is 0.00847. The van der Waals surface area contributed by atoms with Crippen LogP contribution in [0.15, 0.2) is 24.3 Å². The van der Waals surface area contributed by atoms with Crippen LogP contribution in [-0.2, 0) is 16.4 Å². The highest BCUT2D eigenvalue weighted by atomic mass is 32.2. The van der Waals surface area contributed by atoms with Crippen LogP contribution in [0.2, 0.25) is 0 Å². The van der Waals surface area contributed by atoms with Crippen LogP contribution in [0.5, 0.6) is 0 Å². The quantitative estimate of drug-likeness (QED) is 0.839. The van der Waals surface area contributed by atoms with Crippen LogP contribution < -0.4 is 5.32 Å². The van der Waals surface area contributed by atoms with E-state index >= 15 is 0 Å². The highest BCUT2D eigenvalue weighted by Gasteiger charge is 2.27. The van der Waals surface area contributed by atoms with Gasteiger partial charge in [-0.2, -0.15) is 0 Å². The molecule has 5 nitrogen and oxygen atoms in total. The average molecular weight is 269 g/mol. The Bertz CT molecular complexity index is 536. The standard InChI is InChI=1S/C12H15NO4S/c14-12(15)10-3-1-9(2-4-10)7-13-11-5-6-18(16,17)8-11/h1-4,11,13H,5-8H2,(H,14,15). The maximum atomic E-state index is 11.3. The van der Waals surface area contributed by atoms with Gasteiger partial charge in [0.15, 0.2) is 9.84 Å². The summed E-state index contributed by atoms with van der Waals surface area (Å²) in [4.78, 5) is 10.7. The molecule has 0 aromatic heterocycles. The Morgan fingerprint density at radius 3 is 2.50 bits per heavy atom. The lowest BCUT2D eigenvalue weighted by Crippen LogP contribution is -2.29. The van der Waals surface area contributed by atoms with E-state index < -0.39 is 15.8 Å². The largest absolute Gasteiger partial charge is 0.478 e. The van der Waals surface area contributed by atoms with Gasteiger partial charge in [-0.3, -0.25) is 0 Å². The number of benzene rings is 1. The maximum absolute atomic E-state index is 11.3. The Labute approximate surface area is 106 Å². The third-order valence-corrected chi connectivity index (χ3v) is 4.80. The molecule has 1 aliphatic heterocycles. The molecule has 0 amide bonds. The second-order valence-electron chi connectivity index (χ2n) is 4.48. The third kappa shape index (κ3) is 3.30. The molecule has 1 atom stereocenters. The summed E-state index contributed by atoms with van der Waals surface area (Å²) in [6, 6.07) is 6.57. The summed E-state index contributed by atoms with van der Waals surface area (Å²) in [5, 5.41) is 11.9. The highest BCUT2D eigenvalue weighted by Crippen LogP contribution is 2.12. The van der Waals surface area contributed by atoms with E-state index in [9.17, 15) is 13.2 Å². The fourth-order valence-corrected chi connectivity index (χ4v) is 3.69. The molecule has 2 rings (SSSR count). The molecule has 2 N–H and O–H groups in total. The van der Waals surface area contributed by atoms with E-state index in [0.29, 0.717) is 13.0 Å². The molecular weight excluding hydrogens is 254 g/mol. The minimum Gasteiger partial charge on any atom is -0.478 e. The van der Waals surface area contributed by atoms with E-state index in [4.69, 9.17) is 5.11 Å². The van der Waals surface area contributed by atoms with Crippen molar-refractivity contribution in [2.75, 3.05) is 11.5 Å². The zero-order valence-corrected chi connectivity index (χ0v) is 10.6. The summed E-state index contributed by atoms with van der Waals surface area (Å²) < 4.78 is 22.5. The number of hydrogen-bond acceptors (Lipinski definition) is 4. The van der Waals surface area contributed by atoms with Crippen LogP contribution in [0.1, 0.15) is 22.3 Å². The minimum atomic E-state index is -2.86. The van der Waals surface area contributed by atoms with Gasteiger partial charge in [-0.15, -0.1) is 0 Å². The van der Waals surface area contributed by atoms with Gasteiger partial charge in [-0.25, -0.2) is 13.2 Å². The number of sulfone groups is 1. The van der Waals surface area contributed by atoms with E-state index in [0.717, 1.165) is 5.56 Å². The van der Waals surface area contributed by atoms with Crippen LogP contribution in [0.3, 0.4) is 0 Å². The lowest BCUT2D eigenvalue weighted by molar-refractivity contribution is 0.0697. The van der Waals surface area contributed by atoms with Crippen molar-refractivity contribution < 1.29 is 18.3 Å². The van der Waals surface area contributed by atoms with Crippen LogP contribution in [0.25, 0.3) is 0 Å². The monoisotopic (exact) mass is 269 g/mol. The summed E-state index contributed by atoms with van der Waals surface area (Å²) in [6.45, 7) is 0.556. The molecule has 1 aromatic carbocycles. The average Bonchev–Trinajstić information content (AvgIpc) is 2.67. The fraction of sp³-hybridized carbons (Fsp3) is 0.417. The van der Waals surface area contributed by atoms with Crippen molar-refractivity contribution in [3.05, 3.63) is 35.4 Å². The predicted molar refractivity (Wildman–Crippen MR) is 67.3 cm³/mol. The molecule has 1 saturated heterocycles. The molecule has 1 heterocycles. The summed E-state index contributed by atoms with van der Waals surface area (Å²) in [5.41, 5.74) is 1.20. The number of carbonyl (C=O) groups is 1. The Hall–Kier alpha value is -1.40. The van der Waals surface area contributed by atoms with Crippen molar-refractivity contribution in [2.24, 2.45) is 0 Å². The molecule has 1 aliphatic rings. The Morgan fingerprint density at radius 1 is 1.33 bits per heavy atom. The third-order valence-electron chi connectivity index (χ3n) is 3.03. The van der Waals surface area contributed by atoms with Gasteiger partial charge in [-0.05, 0) is 24.1 Å². The molecule has 18 heavy (non-hydrogen) atoms.